The topological polar surface area (TPSA) is 22.1 Å². The Bertz CT molecular complexity index is 635. The summed E-state index contributed by atoms with van der Waals surface area (Å²) in [7, 11) is 0. The molecule has 2 aromatic rings. The van der Waals surface area contributed by atoms with Gasteiger partial charge in [0.25, 0.3) is 0 Å². The standard InChI is InChI=1S/C16H16BrClFNO/c1-16(2,3)14-4-10(9-18)5-15(20-14)21-13-7-11(17)6-12(19)8-13/h4-8H,9H2,1-3H3. The van der Waals surface area contributed by atoms with Gasteiger partial charge in [0, 0.05) is 27.9 Å². The van der Waals surface area contributed by atoms with Crippen LogP contribution in [-0.4, -0.2) is 4.98 Å². The molecule has 0 saturated heterocycles. The number of hydrogen-bond acceptors (Lipinski definition) is 2. The molecule has 0 saturated carbocycles. The molecule has 1 aromatic carbocycles. The lowest BCUT2D eigenvalue weighted by molar-refractivity contribution is 0.446. The predicted molar refractivity (Wildman–Crippen MR) is 86.7 cm³/mol. The third-order valence-electron chi connectivity index (χ3n) is 2.84. The lowest BCUT2D eigenvalue weighted by Gasteiger charge is -2.19. The summed E-state index contributed by atoms with van der Waals surface area (Å²) in [4.78, 5) is 4.49. The molecular formula is C16H16BrClFNO. The number of benzene rings is 1. The van der Waals surface area contributed by atoms with Crippen molar-refractivity contribution in [3.63, 3.8) is 0 Å². The molecule has 2 nitrogen and oxygen atoms in total. The van der Waals surface area contributed by atoms with E-state index in [1.54, 1.807) is 12.1 Å². The Morgan fingerprint density at radius 1 is 1.19 bits per heavy atom. The van der Waals surface area contributed by atoms with E-state index >= 15 is 0 Å². The van der Waals surface area contributed by atoms with Crippen molar-refractivity contribution in [3.8, 4) is 11.6 Å². The summed E-state index contributed by atoms with van der Waals surface area (Å²) in [5, 5.41) is 0. The summed E-state index contributed by atoms with van der Waals surface area (Å²) in [6, 6.07) is 8.10. The maximum atomic E-state index is 13.4. The highest BCUT2D eigenvalue weighted by molar-refractivity contribution is 9.10. The van der Waals surface area contributed by atoms with Crippen molar-refractivity contribution in [1.82, 2.24) is 4.98 Å². The fraction of sp³-hybridized carbons (Fsp3) is 0.312. The largest absolute Gasteiger partial charge is 0.439 e. The van der Waals surface area contributed by atoms with Crippen LogP contribution in [0.15, 0.2) is 34.8 Å². The Morgan fingerprint density at radius 3 is 2.48 bits per heavy atom. The van der Waals surface area contributed by atoms with Gasteiger partial charge in [-0.3, -0.25) is 0 Å². The highest BCUT2D eigenvalue weighted by Gasteiger charge is 2.18. The van der Waals surface area contributed by atoms with E-state index < -0.39 is 0 Å². The van der Waals surface area contributed by atoms with Crippen LogP contribution in [0.2, 0.25) is 0 Å². The summed E-state index contributed by atoms with van der Waals surface area (Å²) in [5.41, 5.74) is 1.68. The van der Waals surface area contributed by atoms with Crippen molar-refractivity contribution in [2.24, 2.45) is 0 Å². The third kappa shape index (κ3) is 4.42. The van der Waals surface area contributed by atoms with Gasteiger partial charge in [0.2, 0.25) is 5.88 Å². The van der Waals surface area contributed by atoms with Crippen molar-refractivity contribution >= 4 is 27.5 Å². The molecule has 5 heteroatoms. The van der Waals surface area contributed by atoms with E-state index in [-0.39, 0.29) is 11.2 Å². The number of rotatable bonds is 3. The van der Waals surface area contributed by atoms with Crippen molar-refractivity contribution < 1.29 is 9.13 Å². The maximum absolute atomic E-state index is 13.4. The zero-order valence-corrected chi connectivity index (χ0v) is 14.4. The summed E-state index contributed by atoms with van der Waals surface area (Å²) in [5.74, 6) is 0.801. The van der Waals surface area contributed by atoms with E-state index in [9.17, 15) is 4.39 Å². The minimum atomic E-state index is -0.371. The first-order valence-electron chi connectivity index (χ1n) is 6.49. The van der Waals surface area contributed by atoms with Crippen LogP contribution in [0.4, 0.5) is 4.39 Å². The Balaban J connectivity index is 2.39. The molecule has 2 rings (SSSR count). The second-order valence-electron chi connectivity index (χ2n) is 5.79. The molecule has 0 aliphatic heterocycles. The van der Waals surface area contributed by atoms with Gasteiger partial charge in [-0.1, -0.05) is 36.7 Å². The first kappa shape index (κ1) is 16.2. The number of aromatic nitrogens is 1. The molecule has 112 valence electrons. The molecule has 21 heavy (non-hydrogen) atoms. The minimum Gasteiger partial charge on any atom is -0.439 e. The molecule has 1 aromatic heterocycles. The summed E-state index contributed by atoms with van der Waals surface area (Å²) in [6.45, 7) is 6.20. The number of ether oxygens (including phenoxy) is 1. The summed E-state index contributed by atoms with van der Waals surface area (Å²) < 4.78 is 19.7. The van der Waals surface area contributed by atoms with Crippen LogP contribution in [0.3, 0.4) is 0 Å². The highest BCUT2D eigenvalue weighted by Crippen LogP contribution is 2.29. The average molecular weight is 373 g/mol. The van der Waals surface area contributed by atoms with Gasteiger partial charge in [0.15, 0.2) is 0 Å². The van der Waals surface area contributed by atoms with Gasteiger partial charge in [-0.25, -0.2) is 9.37 Å². The zero-order chi connectivity index (χ0) is 15.6. The van der Waals surface area contributed by atoms with Crippen LogP contribution in [-0.2, 0) is 11.3 Å². The van der Waals surface area contributed by atoms with Crippen molar-refractivity contribution in [2.75, 3.05) is 0 Å². The molecule has 0 N–H and O–H groups in total. The fourth-order valence-electron chi connectivity index (χ4n) is 1.78. The maximum Gasteiger partial charge on any atom is 0.219 e. The van der Waals surface area contributed by atoms with Gasteiger partial charge >= 0.3 is 0 Å². The molecule has 0 bridgehead atoms. The van der Waals surface area contributed by atoms with E-state index in [1.165, 1.54) is 12.1 Å². The molecule has 0 radical (unpaired) electrons. The van der Waals surface area contributed by atoms with Crippen molar-refractivity contribution in [3.05, 3.63) is 51.9 Å². The number of halogens is 3. The molecule has 0 atom stereocenters. The van der Waals surface area contributed by atoms with E-state index in [0.29, 0.717) is 22.0 Å². The Morgan fingerprint density at radius 2 is 1.90 bits per heavy atom. The third-order valence-corrected chi connectivity index (χ3v) is 3.61. The Hall–Kier alpha value is -1.13. The first-order chi connectivity index (χ1) is 9.77. The van der Waals surface area contributed by atoms with E-state index in [2.05, 4.69) is 41.7 Å². The lowest BCUT2D eigenvalue weighted by atomic mass is 9.91. The van der Waals surface area contributed by atoms with E-state index in [4.69, 9.17) is 16.3 Å². The molecule has 0 fully saturated rings. The molecule has 0 spiro atoms. The van der Waals surface area contributed by atoms with Gasteiger partial charge in [0.05, 0.1) is 5.69 Å². The molecule has 0 amide bonds. The van der Waals surface area contributed by atoms with Crippen LogP contribution in [0, 0.1) is 5.82 Å². The van der Waals surface area contributed by atoms with Crippen molar-refractivity contribution in [1.29, 1.82) is 0 Å². The number of pyridine rings is 1. The fourth-order valence-corrected chi connectivity index (χ4v) is 2.38. The Kier molecular flexibility index (Phi) is 4.89. The van der Waals surface area contributed by atoms with E-state index in [0.717, 1.165) is 11.3 Å². The summed E-state index contributed by atoms with van der Waals surface area (Å²) in [6.07, 6.45) is 0. The second-order valence-corrected chi connectivity index (χ2v) is 6.97. The molecular weight excluding hydrogens is 357 g/mol. The lowest BCUT2D eigenvalue weighted by Crippen LogP contribution is -2.14. The Labute approximate surface area is 137 Å². The summed E-state index contributed by atoms with van der Waals surface area (Å²) >= 11 is 9.16. The van der Waals surface area contributed by atoms with Crippen LogP contribution < -0.4 is 4.74 Å². The van der Waals surface area contributed by atoms with Crippen LogP contribution >= 0.6 is 27.5 Å². The van der Waals surface area contributed by atoms with Crippen molar-refractivity contribution in [2.45, 2.75) is 32.1 Å². The van der Waals surface area contributed by atoms with Gasteiger partial charge in [-0.2, -0.15) is 0 Å². The minimum absolute atomic E-state index is 0.122. The predicted octanol–water partition coefficient (Wildman–Crippen LogP) is 5.81. The monoisotopic (exact) mass is 371 g/mol. The molecule has 0 aliphatic carbocycles. The van der Waals surface area contributed by atoms with Crippen LogP contribution in [0.25, 0.3) is 0 Å². The smallest absolute Gasteiger partial charge is 0.219 e. The van der Waals surface area contributed by atoms with E-state index in [1.807, 2.05) is 6.07 Å². The first-order valence-corrected chi connectivity index (χ1v) is 7.82. The number of hydrogen-bond donors (Lipinski definition) is 0. The number of nitrogens with zero attached hydrogens (tertiary/aromatic N) is 1. The van der Waals surface area contributed by atoms with Crippen LogP contribution in [0.5, 0.6) is 11.6 Å². The quantitative estimate of drug-likeness (QED) is 0.634. The van der Waals surface area contributed by atoms with Gasteiger partial charge in [0.1, 0.15) is 11.6 Å². The average Bonchev–Trinajstić information content (AvgIpc) is 2.36. The second kappa shape index (κ2) is 6.32. The molecule has 0 aliphatic rings. The molecule has 0 unspecified atom stereocenters. The number of alkyl halides is 1. The zero-order valence-electron chi connectivity index (χ0n) is 12.1. The van der Waals surface area contributed by atoms with Gasteiger partial charge in [-0.15, -0.1) is 11.6 Å². The normalized spacial score (nSPS) is 11.5. The molecule has 1 heterocycles. The van der Waals surface area contributed by atoms with Crippen LogP contribution in [0.1, 0.15) is 32.0 Å². The van der Waals surface area contributed by atoms with Gasteiger partial charge < -0.3 is 4.74 Å². The highest BCUT2D eigenvalue weighted by atomic mass is 79.9. The van der Waals surface area contributed by atoms with Gasteiger partial charge in [-0.05, 0) is 23.8 Å². The SMILES string of the molecule is CC(C)(C)c1cc(CCl)cc(Oc2cc(F)cc(Br)c2)n1.